The molecule has 0 spiro atoms. The number of piperazine rings is 1. The first kappa shape index (κ1) is 22.0. The summed E-state index contributed by atoms with van der Waals surface area (Å²) in [5, 5.41) is 0.455. The molecule has 2 N–H and O–H groups in total. The fraction of sp³-hybridized carbons (Fsp3) is 0.400. The van der Waals surface area contributed by atoms with E-state index in [1.54, 1.807) is 12.0 Å². The molecule has 2 aliphatic heterocycles. The zero-order valence-electron chi connectivity index (χ0n) is 17.8. The summed E-state index contributed by atoms with van der Waals surface area (Å²) in [6, 6.07) is 7.14. The van der Waals surface area contributed by atoms with E-state index >= 15 is 0 Å². The number of carbonyl (C=O) groups is 2. The molecule has 3 heterocycles. The number of nitrogens with two attached hydrogens (primary N) is 1. The summed E-state index contributed by atoms with van der Waals surface area (Å²) >= 11 is 1.10. The molecule has 12 heteroatoms. The molecular weight excluding hydrogens is 436 g/mol. The third-order valence-electron chi connectivity index (χ3n) is 5.22. The highest BCUT2D eigenvalue weighted by Crippen LogP contribution is 2.46. The molecule has 0 bridgehead atoms. The average Bonchev–Trinajstić information content (AvgIpc) is 3.17. The number of benzene rings is 1. The number of hydrogen-bond donors (Lipinski definition) is 1. The number of primary amides is 1. The van der Waals surface area contributed by atoms with Crippen molar-refractivity contribution < 1.29 is 23.8 Å². The van der Waals surface area contributed by atoms with Crippen LogP contribution in [0.25, 0.3) is 0 Å². The second-order valence-electron chi connectivity index (χ2n) is 7.17. The zero-order chi connectivity index (χ0) is 22.7. The Morgan fingerprint density at radius 2 is 1.94 bits per heavy atom. The fourth-order valence-corrected chi connectivity index (χ4v) is 4.65. The Kier molecular flexibility index (Phi) is 6.51. The normalized spacial score (nSPS) is 18.2. The monoisotopic (exact) mass is 460 g/mol. The molecule has 1 aromatic heterocycles. The first-order valence-corrected chi connectivity index (χ1v) is 10.8. The van der Waals surface area contributed by atoms with E-state index in [-0.39, 0.29) is 5.88 Å². The molecule has 0 aliphatic carbocycles. The van der Waals surface area contributed by atoms with Crippen molar-refractivity contribution in [1.29, 1.82) is 0 Å². The van der Waals surface area contributed by atoms with Crippen LogP contribution >= 0.6 is 11.8 Å². The second kappa shape index (κ2) is 9.49. The van der Waals surface area contributed by atoms with Crippen LogP contribution in [0.2, 0.25) is 0 Å². The van der Waals surface area contributed by atoms with Crippen molar-refractivity contribution in [3.63, 3.8) is 0 Å². The Bertz CT molecular complexity index is 1000. The SMILES string of the molecule is COc1cccc(CN2CCN(C(=O)OC3Sc4ncnc(OC)c4N3C(N)=O)CC2)c1. The summed E-state index contributed by atoms with van der Waals surface area (Å²) in [5.41, 5.74) is 6.00. The van der Waals surface area contributed by atoms with E-state index in [1.807, 2.05) is 24.3 Å². The second-order valence-corrected chi connectivity index (χ2v) is 8.19. The Morgan fingerprint density at radius 3 is 2.62 bits per heavy atom. The predicted octanol–water partition coefficient (Wildman–Crippen LogP) is 1.72. The number of aromatic nitrogens is 2. The van der Waals surface area contributed by atoms with Crippen LogP contribution in [0, 0.1) is 0 Å². The first-order valence-electron chi connectivity index (χ1n) is 9.95. The van der Waals surface area contributed by atoms with Gasteiger partial charge in [-0.25, -0.2) is 19.5 Å². The zero-order valence-corrected chi connectivity index (χ0v) is 18.6. The number of ether oxygens (including phenoxy) is 3. The lowest BCUT2D eigenvalue weighted by molar-refractivity contribution is 0.0690. The number of carbonyl (C=O) groups excluding carboxylic acids is 2. The highest BCUT2D eigenvalue weighted by molar-refractivity contribution is 8.00. The molecule has 11 nitrogen and oxygen atoms in total. The summed E-state index contributed by atoms with van der Waals surface area (Å²) in [4.78, 5) is 38.0. The van der Waals surface area contributed by atoms with Gasteiger partial charge in [0.05, 0.1) is 14.2 Å². The topological polar surface area (TPSA) is 123 Å². The number of amides is 3. The van der Waals surface area contributed by atoms with E-state index in [0.717, 1.165) is 34.5 Å². The van der Waals surface area contributed by atoms with Crippen molar-refractivity contribution in [2.45, 2.75) is 17.1 Å². The predicted molar refractivity (Wildman–Crippen MR) is 117 cm³/mol. The fourth-order valence-electron chi connectivity index (χ4n) is 3.61. The molecular formula is C20H24N6O5S. The molecule has 3 amide bonds. The summed E-state index contributed by atoms with van der Waals surface area (Å²) < 4.78 is 16.1. The number of fused-ring (bicyclic) bond motifs is 1. The summed E-state index contributed by atoms with van der Waals surface area (Å²) in [5.74, 6) is 1.01. The van der Waals surface area contributed by atoms with Crippen molar-refractivity contribution >= 4 is 29.6 Å². The number of urea groups is 1. The minimum atomic E-state index is -0.976. The van der Waals surface area contributed by atoms with Crippen LogP contribution in [0.3, 0.4) is 0 Å². The van der Waals surface area contributed by atoms with Crippen molar-refractivity contribution in [2.75, 3.05) is 45.3 Å². The van der Waals surface area contributed by atoms with Crippen molar-refractivity contribution in [2.24, 2.45) is 5.73 Å². The number of thioether (sulfide) groups is 1. The van der Waals surface area contributed by atoms with Gasteiger partial charge in [-0.1, -0.05) is 12.1 Å². The molecule has 1 unspecified atom stereocenters. The van der Waals surface area contributed by atoms with Crippen molar-refractivity contribution in [1.82, 2.24) is 19.8 Å². The van der Waals surface area contributed by atoms with Gasteiger partial charge in [0.15, 0.2) is 0 Å². The van der Waals surface area contributed by atoms with Gasteiger partial charge in [0, 0.05) is 32.7 Å². The van der Waals surface area contributed by atoms with Gasteiger partial charge in [-0.3, -0.25) is 4.90 Å². The number of anilines is 1. The molecule has 0 saturated carbocycles. The van der Waals surface area contributed by atoms with E-state index in [2.05, 4.69) is 14.9 Å². The van der Waals surface area contributed by atoms with Crippen molar-refractivity contribution in [3.05, 3.63) is 36.2 Å². The molecule has 170 valence electrons. The van der Waals surface area contributed by atoms with Gasteiger partial charge in [0.1, 0.15) is 22.8 Å². The van der Waals surface area contributed by atoms with Gasteiger partial charge in [0.2, 0.25) is 11.4 Å². The maximum absolute atomic E-state index is 12.8. The third kappa shape index (κ3) is 4.50. The van der Waals surface area contributed by atoms with E-state index in [0.29, 0.717) is 36.9 Å². The minimum absolute atomic E-state index is 0.186. The maximum Gasteiger partial charge on any atom is 0.412 e. The molecule has 1 saturated heterocycles. The van der Waals surface area contributed by atoms with Crippen LogP contribution in [-0.2, 0) is 11.3 Å². The lowest BCUT2D eigenvalue weighted by atomic mass is 10.2. The van der Waals surface area contributed by atoms with Gasteiger partial charge in [-0.2, -0.15) is 4.98 Å². The molecule has 1 atom stereocenters. The van der Waals surface area contributed by atoms with Gasteiger partial charge in [-0.05, 0) is 29.5 Å². The standard InChI is InChI=1S/C20H24N6O5S/c1-29-14-5-3-4-13(10-14)11-24-6-8-25(9-7-24)19(28)31-20-26(18(21)27)15-16(30-2)22-12-23-17(15)32-20/h3-5,10,12,20H,6-9,11H2,1-2H3,(H2,21,27). The minimum Gasteiger partial charge on any atom is -0.497 e. The molecule has 32 heavy (non-hydrogen) atoms. The Balaban J connectivity index is 1.35. The summed E-state index contributed by atoms with van der Waals surface area (Å²) in [6.07, 6.45) is 0.796. The molecule has 1 fully saturated rings. The number of hydrogen-bond acceptors (Lipinski definition) is 9. The van der Waals surface area contributed by atoms with E-state index in [9.17, 15) is 9.59 Å². The van der Waals surface area contributed by atoms with Crippen LogP contribution in [0.4, 0.5) is 15.3 Å². The van der Waals surface area contributed by atoms with Gasteiger partial charge < -0.3 is 24.8 Å². The average molecular weight is 461 g/mol. The smallest absolute Gasteiger partial charge is 0.412 e. The quantitative estimate of drug-likeness (QED) is 0.664. The maximum atomic E-state index is 12.8. The van der Waals surface area contributed by atoms with Crippen LogP contribution in [0.5, 0.6) is 11.6 Å². The first-order chi connectivity index (χ1) is 15.5. The highest BCUT2D eigenvalue weighted by atomic mass is 32.2. The molecule has 2 aliphatic rings. The Morgan fingerprint density at radius 1 is 1.16 bits per heavy atom. The number of rotatable bonds is 5. The Hall–Kier alpha value is -3.25. The van der Waals surface area contributed by atoms with E-state index in [1.165, 1.54) is 13.4 Å². The summed E-state index contributed by atoms with van der Waals surface area (Å²) in [7, 11) is 3.07. The Labute approximate surface area is 189 Å². The van der Waals surface area contributed by atoms with E-state index in [4.69, 9.17) is 19.9 Å². The van der Waals surface area contributed by atoms with Crippen LogP contribution < -0.4 is 20.1 Å². The lowest BCUT2D eigenvalue weighted by Gasteiger charge is -2.35. The highest BCUT2D eigenvalue weighted by Gasteiger charge is 2.41. The third-order valence-corrected chi connectivity index (χ3v) is 6.25. The van der Waals surface area contributed by atoms with Gasteiger partial charge in [0.25, 0.3) is 0 Å². The van der Waals surface area contributed by atoms with Crippen molar-refractivity contribution in [3.8, 4) is 11.6 Å². The lowest BCUT2D eigenvalue weighted by Crippen LogP contribution is -2.50. The molecule has 1 aromatic carbocycles. The summed E-state index contributed by atoms with van der Waals surface area (Å²) in [6.45, 7) is 3.17. The van der Waals surface area contributed by atoms with Crippen LogP contribution in [0.15, 0.2) is 35.6 Å². The number of nitrogens with zero attached hydrogens (tertiary/aromatic N) is 5. The van der Waals surface area contributed by atoms with Gasteiger partial charge in [-0.15, -0.1) is 0 Å². The van der Waals surface area contributed by atoms with Crippen LogP contribution in [0.1, 0.15) is 5.56 Å². The van der Waals surface area contributed by atoms with Crippen LogP contribution in [-0.4, -0.2) is 77.9 Å². The largest absolute Gasteiger partial charge is 0.497 e. The number of methoxy groups -OCH3 is 2. The van der Waals surface area contributed by atoms with E-state index < -0.39 is 17.7 Å². The molecule has 0 radical (unpaired) electrons. The van der Waals surface area contributed by atoms with Gasteiger partial charge >= 0.3 is 12.1 Å². The molecule has 4 rings (SSSR count). The molecule has 2 aromatic rings.